The lowest BCUT2D eigenvalue weighted by Crippen LogP contribution is -2.12. The van der Waals surface area contributed by atoms with Crippen LogP contribution in [0.2, 0.25) is 0 Å². The Balaban J connectivity index is 4.40. The molecule has 0 N–H and O–H groups in total. The summed E-state index contributed by atoms with van der Waals surface area (Å²) >= 11 is 0. The van der Waals surface area contributed by atoms with Crippen molar-refractivity contribution >= 4 is 13.6 Å². The summed E-state index contributed by atoms with van der Waals surface area (Å²) in [5.41, 5.74) is 0. The van der Waals surface area contributed by atoms with Crippen LogP contribution in [0.25, 0.3) is 0 Å². The van der Waals surface area contributed by atoms with E-state index in [0.717, 1.165) is 0 Å². The van der Waals surface area contributed by atoms with Crippen LogP contribution in [-0.4, -0.2) is 24.6 Å². The first-order chi connectivity index (χ1) is 6.75. The molecule has 0 spiro atoms. The molecule has 0 aromatic heterocycles. The highest BCUT2D eigenvalue weighted by Crippen LogP contribution is 2.51. The molecule has 0 unspecified atom stereocenters. The van der Waals surface area contributed by atoms with Crippen molar-refractivity contribution in [2.75, 3.05) is 6.61 Å². The van der Waals surface area contributed by atoms with E-state index in [-0.39, 0.29) is 24.6 Å². The van der Waals surface area contributed by atoms with Gasteiger partial charge in [-0.15, -0.1) is 0 Å². The molecule has 90 valence electrons. The van der Waals surface area contributed by atoms with Gasteiger partial charge in [-0.05, 0) is 34.6 Å². The molecule has 0 aliphatic heterocycles. The molecule has 0 rings (SSSR count). The van der Waals surface area contributed by atoms with E-state index in [1.165, 1.54) is 6.92 Å². The van der Waals surface area contributed by atoms with E-state index in [4.69, 9.17) is 13.6 Å². The quantitative estimate of drug-likeness (QED) is 0.638. The highest BCUT2D eigenvalue weighted by atomic mass is 31.2. The predicted octanol–water partition coefficient (Wildman–Crippen LogP) is 2.55. The second-order valence-corrected chi connectivity index (χ2v) is 5.31. The smallest absolute Gasteiger partial charge is 0.297 e. The summed E-state index contributed by atoms with van der Waals surface area (Å²) in [4.78, 5) is 10.7. The van der Waals surface area contributed by atoms with E-state index in [1.807, 2.05) is 0 Å². The Kier molecular flexibility index (Phi) is 6.29. The number of carbonyl (C=O) groups excluding carboxylic acids is 1. The van der Waals surface area contributed by atoms with Gasteiger partial charge in [-0.3, -0.25) is 18.4 Å². The van der Waals surface area contributed by atoms with E-state index in [2.05, 4.69) is 0 Å². The molecule has 0 aromatic rings. The summed E-state index contributed by atoms with van der Waals surface area (Å²) in [5.74, 6) is -0.227. The molecule has 0 radical (unpaired) electrons. The van der Waals surface area contributed by atoms with Crippen LogP contribution in [-0.2, 0) is 22.9 Å². The van der Waals surface area contributed by atoms with E-state index < -0.39 is 7.82 Å². The molecule has 0 atom stereocenters. The van der Waals surface area contributed by atoms with E-state index in [1.54, 1.807) is 27.7 Å². The van der Waals surface area contributed by atoms with Gasteiger partial charge >= 0.3 is 7.82 Å². The van der Waals surface area contributed by atoms with E-state index in [9.17, 15) is 9.36 Å². The number of hydrogen-bond acceptors (Lipinski definition) is 5. The summed E-state index contributed by atoms with van der Waals surface area (Å²) in [5, 5.41) is 0. The molecule has 15 heavy (non-hydrogen) atoms. The van der Waals surface area contributed by atoms with Crippen LogP contribution in [0.3, 0.4) is 0 Å². The lowest BCUT2D eigenvalue weighted by Gasteiger charge is -2.21. The summed E-state index contributed by atoms with van der Waals surface area (Å²) in [6.07, 6.45) is -0.580. The van der Waals surface area contributed by atoms with Crippen LogP contribution in [0, 0.1) is 0 Å². The number of carbonyl (C=O) groups is 1. The normalized spacial score (nSPS) is 12.5. The standard InChI is InChI=1S/C9H19O5P/c1-7(2)13-15(11,14-8(3)4)12-6-9(5)10/h7-8H,6H2,1-5H3. The fourth-order valence-electron chi connectivity index (χ4n) is 0.772. The van der Waals surface area contributed by atoms with Gasteiger partial charge in [-0.25, -0.2) is 4.57 Å². The lowest BCUT2D eigenvalue weighted by molar-refractivity contribution is -0.119. The maximum Gasteiger partial charge on any atom is 0.475 e. The van der Waals surface area contributed by atoms with Crippen LogP contribution >= 0.6 is 7.82 Å². The van der Waals surface area contributed by atoms with Crippen LogP contribution in [0.4, 0.5) is 0 Å². The first kappa shape index (κ1) is 14.8. The largest absolute Gasteiger partial charge is 0.475 e. The number of phosphoric acid groups is 1. The Morgan fingerprint density at radius 3 is 1.80 bits per heavy atom. The Bertz CT molecular complexity index is 235. The third kappa shape index (κ3) is 7.68. The number of rotatable bonds is 7. The summed E-state index contributed by atoms with van der Waals surface area (Å²) in [6.45, 7) is 7.94. The Hall–Kier alpha value is -0.220. The molecule has 0 aliphatic carbocycles. The molecule has 0 aliphatic rings. The Labute approximate surface area is 90.7 Å². The van der Waals surface area contributed by atoms with Crippen molar-refractivity contribution in [2.45, 2.75) is 46.8 Å². The van der Waals surface area contributed by atoms with Crippen molar-refractivity contribution in [3.05, 3.63) is 0 Å². The zero-order valence-corrected chi connectivity index (χ0v) is 10.7. The van der Waals surface area contributed by atoms with Crippen molar-refractivity contribution in [1.82, 2.24) is 0 Å². The molecule has 0 amide bonds. The van der Waals surface area contributed by atoms with Crippen molar-refractivity contribution in [3.63, 3.8) is 0 Å². The molecule has 0 heterocycles. The average Bonchev–Trinajstić information content (AvgIpc) is 1.97. The third-order valence-corrected chi connectivity index (χ3v) is 2.91. The maximum absolute atomic E-state index is 11.9. The van der Waals surface area contributed by atoms with Gasteiger partial charge in [0.15, 0.2) is 5.78 Å². The molecule has 0 saturated carbocycles. The first-order valence-corrected chi connectivity index (χ1v) is 6.32. The highest BCUT2D eigenvalue weighted by molar-refractivity contribution is 7.48. The molecule has 0 aromatic carbocycles. The fourth-order valence-corrected chi connectivity index (χ4v) is 2.32. The molecule has 6 heteroatoms. The van der Waals surface area contributed by atoms with Crippen molar-refractivity contribution in [3.8, 4) is 0 Å². The van der Waals surface area contributed by atoms with Gasteiger partial charge in [0.25, 0.3) is 0 Å². The van der Waals surface area contributed by atoms with Crippen molar-refractivity contribution in [1.29, 1.82) is 0 Å². The number of hydrogen-bond donors (Lipinski definition) is 0. The molecule has 0 fully saturated rings. The van der Waals surface area contributed by atoms with Gasteiger partial charge in [0.05, 0.1) is 12.2 Å². The number of Topliss-reactive ketones (excluding diaryl/α,β-unsaturated/α-hetero) is 1. The van der Waals surface area contributed by atoms with Gasteiger partial charge in [0.2, 0.25) is 0 Å². The number of ketones is 1. The Morgan fingerprint density at radius 2 is 1.53 bits per heavy atom. The summed E-state index contributed by atoms with van der Waals surface area (Å²) < 4.78 is 26.9. The van der Waals surface area contributed by atoms with Gasteiger partial charge in [-0.2, -0.15) is 0 Å². The van der Waals surface area contributed by atoms with Gasteiger partial charge in [-0.1, -0.05) is 0 Å². The highest BCUT2D eigenvalue weighted by Gasteiger charge is 2.29. The molecular formula is C9H19O5P. The molecule has 5 nitrogen and oxygen atoms in total. The molecule has 0 saturated heterocycles. The van der Waals surface area contributed by atoms with Gasteiger partial charge < -0.3 is 0 Å². The number of phosphoric ester groups is 1. The van der Waals surface area contributed by atoms with Crippen molar-refractivity contribution in [2.24, 2.45) is 0 Å². The van der Waals surface area contributed by atoms with E-state index >= 15 is 0 Å². The SMILES string of the molecule is CC(=O)COP(=O)(OC(C)C)OC(C)C. The van der Waals surface area contributed by atoms with Gasteiger partial charge in [0, 0.05) is 0 Å². The lowest BCUT2D eigenvalue weighted by atomic mass is 10.5. The maximum atomic E-state index is 11.9. The average molecular weight is 238 g/mol. The third-order valence-electron chi connectivity index (χ3n) is 1.11. The second-order valence-electron chi connectivity index (χ2n) is 3.73. The van der Waals surface area contributed by atoms with Crippen LogP contribution in [0.5, 0.6) is 0 Å². The molecule has 0 bridgehead atoms. The minimum absolute atomic E-state index is 0.227. The van der Waals surface area contributed by atoms with Crippen LogP contribution in [0.15, 0.2) is 0 Å². The Morgan fingerprint density at radius 1 is 1.13 bits per heavy atom. The minimum Gasteiger partial charge on any atom is -0.297 e. The molecular weight excluding hydrogens is 219 g/mol. The fraction of sp³-hybridized carbons (Fsp3) is 0.889. The summed E-state index contributed by atoms with van der Waals surface area (Å²) in [7, 11) is -3.61. The zero-order valence-electron chi connectivity index (χ0n) is 9.85. The summed E-state index contributed by atoms with van der Waals surface area (Å²) in [6, 6.07) is 0. The topological polar surface area (TPSA) is 61.8 Å². The monoisotopic (exact) mass is 238 g/mol. The van der Waals surface area contributed by atoms with E-state index in [0.29, 0.717) is 0 Å². The van der Waals surface area contributed by atoms with Crippen LogP contribution in [0.1, 0.15) is 34.6 Å². The van der Waals surface area contributed by atoms with Gasteiger partial charge in [0.1, 0.15) is 6.61 Å². The first-order valence-electron chi connectivity index (χ1n) is 4.86. The minimum atomic E-state index is -3.61. The zero-order chi connectivity index (χ0) is 12.1. The van der Waals surface area contributed by atoms with Crippen molar-refractivity contribution < 1.29 is 22.9 Å². The second kappa shape index (κ2) is 6.38. The predicted molar refractivity (Wildman–Crippen MR) is 56.7 cm³/mol. The van der Waals surface area contributed by atoms with Crippen LogP contribution < -0.4 is 0 Å².